The topological polar surface area (TPSA) is 43.8 Å². The minimum atomic E-state index is 0.539. The average Bonchev–Trinajstić information content (AvgIpc) is 2.68. The van der Waals surface area contributed by atoms with E-state index in [-0.39, 0.29) is 0 Å². The molecular formula is C13H9Cl2N3S. The number of nitrogens with two attached hydrogens (primary N) is 1. The predicted molar refractivity (Wildman–Crippen MR) is 84.0 cm³/mol. The first kappa shape index (κ1) is 12.7. The van der Waals surface area contributed by atoms with E-state index in [0.717, 1.165) is 22.2 Å². The van der Waals surface area contributed by atoms with Crippen molar-refractivity contribution in [2.75, 3.05) is 5.73 Å². The summed E-state index contributed by atoms with van der Waals surface area (Å²) in [6, 6.07) is 7.44. The van der Waals surface area contributed by atoms with Crippen molar-refractivity contribution in [1.82, 2.24) is 8.96 Å². The maximum atomic E-state index is 6.14. The van der Waals surface area contributed by atoms with Crippen molar-refractivity contribution in [1.29, 1.82) is 0 Å². The molecule has 1 aromatic carbocycles. The molecule has 0 spiro atoms. The molecule has 0 atom stereocenters. The molecule has 0 aliphatic rings. The van der Waals surface area contributed by atoms with Gasteiger partial charge in [-0.2, -0.15) is 0 Å². The lowest BCUT2D eigenvalue weighted by atomic mass is 10.1. The summed E-state index contributed by atoms with van der Waals surface area (Å²) >= 11 is 16.3. The van der Waals surface area contributed by atoms with Crippen LogP contribution in [0.1, 0.15) is 0 Å². The normalized spacial score (nSPS) is 11.1. The number of nitrogens with zero attached hydrogens (tertiary/aromatic N) is 2. The number of thiol groups is 1. The second-order valence-corrected chi connectivity index (χ2v) is 5.40. The van der Waals surface area contributed by atoms with E-state index < -0.39 is 0 Å². The smallest absolute Gasteiger partial charge is 0.151 e. The van der Waals surface area contributed by atoms with Crippen LogP contribution in [-0.4, -0.2) is 8.96 Å². The molecule has 96 valence electrons. The highest BCUT2D eigenvalue weighted by Crippen LogP contribution is 2.31. The van der Waals surface area contributed by atoms with Crippen molar-refractivity contribution in [3.05, 3.63) is 46.7 Å². The fraction of sp³-hybridized carbons (Fsp3) is 0. The molecule has 0 radical (unpaired) electrons. The number of nitrogen functional groups attached to an aromatic ring is 1. The number of hydrogen-bond acceptors (Lipinski definition) is 3. The molecule has 0 unspecified atom stereocenters. The van der Waals surface area contributed by atoms with Gasteiger partial charge in [0, 0.05) is 23.3 Å². The van der Waals surface area contributed by atoms with E-state index in [2.05, 4.69) is 17.8 Å². The summed E-state index contributed by atoms with van der Waals surface area (Å²) in [5, 5.41) is 2.00. The standard InChI is InChI=1S/C13H9Cl2N3S/c14-10-2-1-7(4-12(10)16)8-3-9-11(15)6-18(19)13(9)17-5-8/h1-6,19H,16H2. The Morgan fingerprint density at radius 3 is 2.63 bits per heavy atom. The number of halogens is 2. The van der Waals surface area contributed by atoms with Crippen molar-refractivity contribution < 1.29 is 0 Å². The van der Waals surface area contributed by atoms with Crippen LogP contribution in [0.5, 0.6) is 0 Å². The monoisotopic (exact) mass is 309 g/mol. The lowest BCUT2D eigenvalue weighted by Crippen LogP contribution is -1.88. The molecule has 19 heavy (non-hydrogen) atoms. The van der Waals surface area contributed by atoms with Crippen LogP contribution in [0.4, 0.5) is 5.69 Å². The summed E-state index contributed by atoms with van der Waals surface area (Å²) in [6.45, 7) is 0. The van der Waals surface area contributed by atoms with Gasteiger partial charge in [0.25, 0.3) is 0 Å². The highest BCUT2D eigenvalue weighted by molar-refractivity contribution is 7.78. The number of fused-ring (bicyclic) bond motifs is 1. The molecule has 2 N–H and O–H groups in total. The van der Waals surface area contributed by atoms with Crippen LogP contribution < -0.4 is 5.73 Å². The van der Waals surface area contributed by atoms with Gasteiger partial charge in [0.2, 0.25) is 0 Å². The fourth-order valence-corrected chi connectivity index (χ4v) is 2.63. The molecule has 3 aromatic rings. The summed E-state index contributed by atoms with van der Waals surface area (Å²) in [7, 11) is 0. The third-order valence-corrected chi connectivity index (χ3v) is 3.86. The Bertz CT molecular complexity index is 783. The maximum absolute atomic E-state index is 6.14. The molecule has 2 heterocycles. The number of rotatable bonds is 1. The van der Waals surface area contributed by atoms with Crippen molar-refractivity contribution in [2.24, 2.45) is 0 Å². The van der Waals surface area contributed by atoms with E-state index in [0.29, 0.717) is 15.7 Å². The van der Waals surface area contributed by atoms with Crippen LogP contribution in [0.15, 0.2) is 36.7 Å². The van der Waals surface area contributed by atoms with Gasteiger partial charge in [-0.3, -0.25) is 3.97 Å². The van der Waals surface area contributed by atoms with Gasteiger partial charge in [0.15, 0.2) is 5.65 Å². The molecule has 2 aromatic heterocycles. The van der Waals surface area contributed by atoms with E-state index in [1.54, 1.807) is 22.4 Å². The minimum Gasteiger partial charge on any atom is -0.398 e. The van der Waals surface area contributed by atoms with Crippen LogP contribution in [0.3, 0.4) is 0 Å². The van der Waals surface area contributed by atoms with Gasteiger partial charge in [-0.1, -0.05) is 42.1 Å². The summed E-state index contributed by atoms with van der Waals surface area (Å²) in [4.78, 5) is 4.36. The van der Waals surface area contributed by atoms with Gasteiger partial charge in [0.1, 0.15) is 0 Å². The molecule has 0 saturated heterocycles. The second kappa shape index (κ2) is 4.63. The Morgan fingerprint density at radius 2 is 1.89 bits per heavy atom. The lowest BCUT2D eigenvalue weighted by molar-refractivity contribution is 1.27. The molecule has 0 bridgehead atoms. The predicted octanol–water partition coefficient (Wildman–Crippen LogP) is 4.29. The Morgan fingerprint density at radius 1 is 1.11 bits per heavy atom. The first-order valence-electron chi connectivity index (χ1n) is 5.47. The molecule has 0 fully saturated rings. The molecule has 0 aliphatic heterocycles. The number of anilines is 1. The number of hydrogen-bond donors (Lipinski definition) is 2. The first-order chi connectivity index (χ1) is 9.06. The zero-order chi connectivity index (χ0) is 13.6. The third kappa shape index (κ3) is 2.16. The summed E-state index contributed by atoms with van der Waals surface area (Å²) < 4.78 is 1.59. The zero-order valence-corrected chi connectivity index (χ0v) is 12.0. The summed E-state index contributed by atoms with van der Waals surface area (Å²) in [5.74, 6) is 0. The molecule has 0 amide bonds. The van der Waals surface area contributed by atoms with Crippen LogP contribution in [0.25, 0.3) is 22.2 Å². The molecule has 3 nitrogen and oxygen atoms in total. The van der Waals surface area contributed by atoms with Gasteiger partial charge in [0.05, 0.1) is 15.7 Å². The number of aromatic nitrogens is 2. The largest absolute Gasteiger partial charge is 0.398 e. The van der Waals surface area contributed by atoms with Crippen LogP contribution in [0, 0.1) is 0 Å². The van der Waals surface area contributed by atoms with Gasteiger partial charge in [-0.15, -0.1) is 0 Å². The highest BCUT2D eigenvalue weighted by Gasteiger charge is 2.09. The lowest BCUT2D eigenvalue weighted by Gasteiger charge is -2.05. The van der Waals surface area contributed by atoms with Crippen LogP contribution in [-0.2, 0) is 0 Å². The van der Waals surface area contributed by atoms with Crippen LogP contribution in [0.2, 0.25) is 10.0 Å². The Kier molecular flexibility index (Phi) is 3.09. The number of pyridine rings is 1. The third-order valence-electron chi connectivity index (χ3n) is 2.91. The van der Waals surface area contributed by atoms with Crippen molar-refractivity contribution >= 4 is 52.7 Å². The zero-order valence-electron chi connectivity index (χ0n) is 9.64. The van der Waals surface area contributed by atoms with Crippen LogP contribution >= 0.6 is 36.0 Å². The molecular weight excluding hydrogens is 301 g/mol. The van der Waals surface area contributed by atoms with E-state index in [4.69, 9.17) is 28.9 Å². The second-order valence-electron chi connectivity index (χ2n) is 4.15. The average molecular weight is 310 g/mol. The Hall–Kier alpha value is -1.36. The van der Waals surface area contributed by atoms with Gasteiger partial charge < -0.3 is 5.73 Å². The maximum Gasteiger partial charge on any atom is 0.151 e. The van der Waals surface area contributed by atoms with Gasteiger partial charge in [-0.05, 0) is 23.8 Å². The van der Waals surface area contributed by atoms with E-state index >= 15 is 0 Å². The van der Waals surface area contributed by atoms with E-state index in [1.165, 1.54) is 0 Å². The van der Waals surface area contributed by atoms with E-state index in [9.17, 15) is 0 Å². The first-order valence-corrected chi connectivity index (χ1v) is 6.63. The van der Waals surface area contributed by atoms with Crippen molar-refractivity contribution in [3.63, 3.8) is 0 Å². The fourth-order valence-electron chi connectivity index (χ4n) is 1.94. The molecule has 3 rings (SSSR count). The minimum absolute atomic E-state index is 0.539. The highest BCUT2D eigenvalue weighted by atomic mass is 35.5. The number of benzene rings is 1. The van der Waals surface area contributed by atoms with Gasteiger partial charge >= 0.3 is 0 Å². The quantitative estimate of drug-likeness (QED) is 0.520. The molecule has 0 aliphatic carbocycles. The summed E-state index contributed by atoms with van der Waals surface area (Å²) in [6.07, 6.45) is 3.47. The van der Waals surface area contributed by atoms with E-state index in [1.807, 2.05) is 18.2 Å². The Labute approximate surface area is 125 Å². The van der Waals surface area contributed by atoms with Gasteiger partial charge in [-0.25, -0.2) is 4.98 Å². The molecule has 6 heteroatoms. The van der Waals surface area contributed by atoms with Crippen molar-refractivity contribution in [2.45, 2.75) is 0 Å². The Balaban J connectivity index is 2.19. The SMILES string of the molecule is Nc1cc(-c2cnc3c(c2)c(Cl)cn3S)ccc1Cl. The van der Waals surface area contributed by atoms with Crippen molar-refractivity contribution in [3.8, 4) is 11.1 Å². The molecule has 0 saturated carbocycles. The summed E-state index contributed by atoms with van der Waals surface area (Å²) in [5.41, 5.74) is 8.94.